The van der Waals surface area contributed by atoms with Crippen LogP contribution in [-0.2, 0) is 21.2 Å². The van der Waals surface area contributed by atoms with Crippen molar-refractivity contribution in [3.63, 3.8) is 0 Å². The molecule has 1 fully saturated rings. The second-order valence-electron chi connectivity index (χ2n) is 3.95. The Morgan fingerprint density at radius 3 is 2.71 bits per heavy atom. The van der Waals surface area contributed by atoms with Crippen LogP contribution in [-0.4, -0.2) is 33.1 Å². The molecule has 0 amide bonds. The molecule has 17 heavy (non-hydrogen) atoms. The Morgan fingerprint density at radius 2 is 2.06 bits per heavy atom. The number of hydrogen-bond donors (Lipinski definition) is 1. The molecule has 0 saturated carbocycles. The second kappa shape index (κ2) is 5.03. The van der Waals surface area contributed by atoms with E-state index in [2.05, 4.69) is 5.48 Å². The zero-order valence-corrected chi connectivity index (χ0v) is 10.4. The first-order valence-electron chi connectivity index (χ1n) is 5.31. The van der Waals surface area contributed by atoms with Crippen molar-refractivity contribution in [1.29, 1.82) is 0 Å². The van der Waals surface area contributed by atoms with Crippen LogP contribution in [0.5, 0.6) is 5.75 Å². The van der Waals surface area contributed by atoms with E-state index in [4.69, 9.17) is 9.57 Å². The van der Waals surface area contributed by atoms with Crippen LogP contribution in [0.25, 0.3) is 0 Å². The number of nitrogens with one attached hydrogen (secondary N) is 1. The first kappa shape index (κ1) is 12.3. The summed E-state index contributed by atoms with van der Waals surface area (Å²) in [6.07, 6.45) is -0.219. The Kier molecular flexibility index (Phi) is 3.66. The molecule has 0 aromatic heterocycles. The van der Waals surface area contributed by atoms with Crippen LogP contribution in [0.15, 0.2) is 24.3 Å². The zero-order valence-electron chi connectivity index (χ0n) is 9.55. The van der Waals surface area contributed by atoms with E-state index in [0.29, 0.717) is 12.3 Å². The lowest BCUT2D eigenvalue weighted by molar-refractivity contribution is 0.0855. The Morgan fingerprint density at radius 1 is 1.35 bits per heavy atom. The normalized spacial score (nSPS) is 18.6. The standard InChI is InChI=1S/C11H15NO4S/c1-15-12-6-9-4-2-3-5-11(9)16-10-7-17(13,14)8-10/h2-5,10,12H,6-8H2,1H3. The van der Waals surface area contributed by atoms with Crippen LogP contribution in [0.4, 0.5) is 0 Å². The van der Waals surface area contributed by atoms with E-state index >= 15 is 0 Å². The maximum atomic E-state index is 11.0. The van der Waals surface area contributed by atoms with Gasteiger partial charge in [0.25, 0.3) is 0 Å². The minimum Gasteiger partial charge on any atom is -0.488 e. The smallest absolute Gasteiger partial charge is 0.157 e. The fourth-order valence-corrected chi connectivity index (χ4v) is 2.85. The predicted octanol–water partition coefficient (Wildman–Crippen LogP) is 0.513. The highest BCUT2D eigenvalue weighted by Gasteiger charge is 2.35. The van der Waals surface area contributed by atoms with Crippen molar-refractivity contribution in [2.45, 2.75) is 12.6 Å². The number of hydroxylamine groups is 1. The molecule has 1 aromatic rings. The summed E-state index contributed by atoms with van der Waals surface area (Å²) >= 11 is 0. The van der Waals surface area contributed by atoms with Gasteiger partial charge in [0.1, 0.15) is 11.9 Å². The van der Waals surface area contributed by atoms with Crippen LogP contribution in [0.3, 0.4) is 0 Å². The van der Waals surface area contributed by atoms with Gasteiger partial charge in [0.2, 0.25) is 0 Å². The van der Waals surface area contributed by atoms with Gasteiger partial charge < -0.3 is 9.57 Å². The number of rotatable bonds is 5. The molecule has 94 valence electrons. The molecule has 1 aliphatic heterocycles. The molecule has 0 atom stereocenters. The van der Waals surface area contributed by atoms with Gasteiger partial charge in [-0.1, -0.05) is 18.2 Å². The first-order chi connectivity index (χ1) is 8.11. The van der Waals surface area contributed by atoms with Crippen molar-refractivity contribution in [2.24, 2.45) is 0 Å². The Hall–Kier alpha value is -1.11. The maximum absolute atomic E-state index is 11.0. The number of sulfone groups is 1. The largest absolute Gasteiger partial charge is 0.488 e. The van der Waals surface area contributed by atoms with Gasteiger partial charge in [-0.15, -0.1) is 0 Å². The van der Waals surface area contributed by atoms with Crippen LogP contribution >= 0.6 is 0 Å². The highest BCUT2D eigenvalue weighted by molar-refractivity contribution is 7.92. The maximum Gasteiger partial charge on any atom is 0.157 e. The molecule has 1 saturated heterocycles. The summed E-state index contributed by atoms with van der Waals surface area (Å²) in [5.74, 6) is 0.926. The van der Waals surface area contributed by atoms with Crippen LogP contribution in [0, 0.1) is 0 Å². The van der Waals surface area contributed by atoms with Gasteiger partial charge in [0.05, 0.1) is 18.6 Å². The van der Waals surface area contributed by atoms with Crippen molar-refractivity contribution in [3.05, 3.63) is 29.8 Å². The van der Waals surface area contributed by atoms with E-state index in [1.165, 1.54) is 0 Å². The predicted molar refractivity (Wildman–Crippen MR) is 63.4 cm³/mol. The third-order valence-electron chi connectivity index (χ3n) is 2.55. The highest BCUT2D eigenvalue weighted by Crippen LogP contribution is 2.23. The molecular formula is C11H15NO4S. The lowest BCUT2D eigenvalue weighted by atomic mass is 10.2. The molecule has 1 N–H and O–H groups in total. The average Bonchev–Trinajstić information content (AvgIpc) is 2.25. The average molecular weight is 257 g/mol. The van der Waals surface area contributed by atoms with Gasteiger partial charge in [0.15, 0.2) is 9.84 Å². The van der Waals surface area contributed by atoms with E-state index in [9.17, 15) is 8.42 Å². The van der Waals surface area contributed by atoms with E-state index < -0.39 is 9.84 Å². The summed E-state index contributed by atoms with van der Waals surface area (Å²) < 4.78 is 27.7. The topological polar surface area (TPSA) is 64.6 Å². The minimum atomic E-state index is -2.85. The molecule has 0 spiro atoms. The Balaban J connectivity index is 2.00. The summed E-state index contributed by atoms with van der Waals surface area (Å²) in [6, 6.07) is 7.50. The molecule has 0 bridgehead atoms. The molecular weight excluding hydrogens is 242 g/mol. The first-order valence-corrected chi connectivity index (χ1v) is 7.14. The minimum absolute atomic E-state index is 0.110. The summed E-state index contributed by atoms with van der Waals surface area (Å²) in [5.41, 5.74) is 3.68. The van der Waals surface area contributed by atoms with Crippen molar-refractivity contribution < 1.29 is 18.0 Å². The molecule has 1 heterocycles. The quantitative estimate of drug-likeness (QED) is 0.779. The highest BCUT2D eigenvalue weighted by atomic mass is 32.2. The molecule has 0 unspecified atom stereocenters. The van der Waals surface area contributed by atoms with E-state index in [1.54, 1.807) is 7.11 Å². The number of para-hydroxylation sites is 1. The van der Waals surface area contributed by atoms with Crippen molar-refractivity contribution >= 4 is 9.84 Å². The molecule has 5 nitrogen and oxygen atoms in total. The van der Waals surface area contributed by atoms with Gasteiger partial charge in [-0.3, -0.25) is 0 Å². The van der Waals surface area contributed by atoms with Crippen molar-refractivity contribution in [3.8, 4) is 5.75 Å². The lowest BCUT2D eigenvalue weighted by Gasteiger charge is -2.27. The molecule has 0 aliphatic carbocycles. The molecule has 0 radical (unpaired) electrons. The van der Waals surface area contributed by atoms with E-state index in [1.807, 2.05) is 24.3 Å². The fourth-order valence-electron chi connectivity index (χ4n) is 1.68. The Bertz CT molecular complexity index is 474. The van der Waals surface area contributed by atoms with Gasteiger partial charge in [-0.25, -0.2) is 8.42 Å². The van der Waals surface area contributed by atoms with Gasteiger partial charge in [-0.05, 0) is 6.07 Å². The monoisotopic (exact) mass is 257 g/mol. The summed E-state index contributed by atoms with van der Waals surface area (Å²) in [5, 5.41) is 0. The number of ether oxygens (including phenoxy) is 1. The van der Waals surface area contributed by atoms with Crippen molar-refractivity contribution in [1.82, 2.24) is 5.48 Å². The van der Waals surface area contributed by atoms with Gasteiger partial charge in [0, 0.05) is 12.1 Å². The molecule has 6 heteroatoms. The summed E-state index contributed by atoms with van der Waals surface area (Å²) in [7, 11) is -1.30. The van der Waals surface area contributed by atoms with E-state index in [0.717, 1.165) is 5.56 Å². The lowest BCUT2D eigenvalue weighted by Crippen LogP contribution is -2.45. The third kappa shape index (κ3) is 3.18. The summed E-state index contributed by atoms with van der Waals surface area (Å²) in [4.78, 5) is 4.78. The van der Waals surface area contributed by atoms with Crippen LogP contribution < -0.4 is 10.2 Å². The summed E-state index contributed by atoms with van der Waals surface area (Å²) in [6.45, 7) is 0.520. The molecule has 1 aromatic carbocycles. The molecule has 2 rings (SSSR count). The van der Waals surface area contributed by atoms with Gasteiger partial charge >= 0.3 is 0 Å². The SMILES string of the molecule is CONCc1ccccc1OC1CS(=O)(=O)C1. The number of hydrogen-bond acceptors (Lipinski definition) is 5. The van der Waals surface area contributed by atoms with E-state index in [-0.39, 0.29) is 17.6 Å². The number of benzene rings is 1. The fraction of sp³-hybridized carbons (Fsp3) is 0.455. The van der Waals surface area contributed by atoms with Crippen LogP contribution in [0.2, 0.25) is 0 Å². The van der Waals surface area contributed by atoms with Gasteiger partial charge in [-0.2, -0.15) is 5.48 Å². The second-order valence-corrected chi connectivity index (χ2v) is 6.10. The van der Waals surface area contributed by atoms with Crippen molar-refractivity contribution in [2.75, 3.05) is 18.6 Å². The molecule has 1 aliphatic rings. The Labute approximate surface area is 101 Å². The van der Waals surface area contributed by atoms with Crippen LogP contribution in [0.1, 0.15) is 5.56 Å². The zero-order chi connectivity index (χ0) is 12.3. The third-order valence-corrected chi connectivity index (χ3v) is 4.31.